The highest BCUT2D eigenvalue weighted by Gasteiger charge is 2.18. The number of aliphatic hydroxyl groups excluding tert-OH is 2. The van der Waals surface area contributed by atoms with Crippen LogP contribution in [0, 0.1) is 5.41 Å². The van der Waals surface area contributed by atoms with Crippen molar-refractivity contribution in [3.8, 4) is 11.5 Å². The second-order valence-electron chi connectivity index (χ2n) is 9.65. The molecule has 0 radical (unpaired) electrons. The van der Waals surface area contributed by atoms with Gasteiger partial charge >= 0.3 is 0 Å². The van der Waals surface area contributed by atoms with Crippen LogP contribution in [0.3, 0.4) is 0 Å². The average Bonchev–Trinajstić information content (AvgIpc) is 3.58. The maximum Gasteiger partial charge on any atom is 0.251 e. The zero-order chi connectivity index (χ0) is 29.6. The van der Waals surface area contributed by atoms with E-state index in [2.05, 4.69) is 20.6 Å². The Labute approximate surface area is 241 Å². The Morgan fingerprint density at radius 3 is 2.62 bits per heavy atom. The number of aliphatic hydroxyl groups is 2. The van der Waals surface area contributed by atoms with E-state index in [-0.39, 0.29) is 25.6 Å². The third kappa shape index (κ3) is 6.19. The van der Waals surface area contributed by atoms with Crippen molar-refractivity contribution in [1.82, 2.24) is 30.2 Å². The molecule has 2 heterocycles. The van der Waals surface area contributed by atoms with Crippen LogP contribution in [0.15, 0.2) is 60.7 Å². The van der Waals surface area contributed by atoms with Crippen LogP contribution in [0.25, 0.3) is 22.1 Å². The van der Waals surface area contributed by atoms with Crippen LogP contribution in [-0.4, -0.2) is 81.5 Å². The Hall–Kier alpha value is -4.94. The monoisotopic (exact) mass is 571 g/mol. The number of nitrogens with zero attached hydrogens (tertiary/aromatic N) is 3. The molecule has 0 aliphatic carbocycles. The number of carbonyl (C=O) groups excluding carboxylic acids is 1. The van der Waals surface area contributed by atoms with E-state index in [9.17, 15) is 15.0 Å². The number of nitrogens with one attached hydrogen (secondary N) is 4. The summed E-state index contributed by atoms with van der Waals surface area (Å²) in [7, 11) is 3.27. The maximum absolute atomic E-state index is 13.0. The molecule has 0 aliphatic heterocycles. The molecule has 1 atom stereocenters. The Balaban J connectivity index is 1.35. The number of hydrogen-bond acceptors (Lipinski definition) is 8. The molecule has 2 aromatic heterocycles. The predicted molar refractivity (Wildman–Crippen MR) is 158 cm³/mol. The summed E-state index contributed by atoms with van der Waals surface area (Å²) >= 11 is 0. The van der Waals surface area contributed by atoms with Gasteiger partial charge in [0.15, 0.2) is 11.5 Å². The largest absolute Gasteiger partial charge is 0.493 e. The van der Waals surface area contributed by atoms with E-state index in [4.69, 9.17) is 19.9 Å². The Kier molecular flexibility index (Phi) is 8.65. The summed E-state index contributed by atoms with van der Waals surface area (Å²) < 4.78 is 12.8. The minimum atomic E-state index is -1.02. The van der Waals surface area contributed by atoms with E-state index >= 15 is 0 Å². The van der Waals surface area contributed by atoms with Gasteiger partial charge in [-0.15, -0.1) is 0 Å². The third-order valence-electron chi connectivity index (χ3n) is 6.80. The van der Waals surface area contributed by atoms with E-state index < -0.39 is 12.7 Å². The quantitative estimate of drug-likeness (QED) is 0.0752. The molecular weight excluding hydrogens is 538 g/mol. The van der Waals surface area contributed by atoms with Gasteiger partial charge < -0.3 is 39.9 Å². The number of amides is 1. The number of rotatable bonds is 12. The SMILES string of the molecule is CNC(=N)c1ccc2[nH]c(Cc3nc4ccc(C(=O)NCCOc5ccccc5OC)cc4n3CC(O)CO)nc2c1. The molecule has 12 nitrogen and oxygen atoms in total. The maximum atomic E-state index is 13.0. The predicted octanol–water partition coefficient (Wildman–Crippen LogP) is 2.22. The first-order chi connectivity index (χ1) is 20.4. The van der Waals surface area contributed by atoms with Crippen molar-refractivity contribution in [2.24, 2.45) is 0 Å². The van der Waals surface area contributed by atoms with Gasteiger partial charge in [-0.05, 0) is 48.5 Å². The van der Waals surface area contributed by atoms with Gasteiger partial charge in [0, 0.05) is 18.2 Å². The van der Waals surface area contributed by atoms with Crippen LogP contribution in [-0.2, 0) is 13.0 Å². The minimum Gasteiger partial charge on any atom is -0.493 e. The fourth-order valence-corrected chi connectivity index (χ4v) is 4.68. The summed E-state index contributed by atoms with van der Waals surface area (Å²) in [4.78, 5) is 25.7. The first kappa shape index (κ1) is 28.6. The Morgan fingerprint density at radius 2 is 1.86 bits per heavy atom. The molecule has 0 saturated heterocycles. The van der Waals surface area contributed by atoms with Crippen LogP contribution in [0.1, 0.15) is 27.6 Å². The molecule has 3 aromatic carbocycles. The first-order valence-corrected chi connectivity index (χ1v) is 13.5. The summed E-state index contributed by atoms with van der Waals surface area (Å²) in [5.41, 5.74) is 3.98. The van der Waals surface area contributed by atoms with Crippen molar-refractivity contribution in [1.29, 1.82) is 5.41 Å². The number of para-hydroxylation sites is 2. The molecule has 0 bridgehead atoms. The average molecular weight is 572 g/mol. The molecule has 0 aliphatic rings. The van der Waals surface area contributed by atoms with E-state index in [0.29, 0.717) is 57.5 Å². The molecule has 5 rings (SSSR count). The number of amidine groups is 1. The summed E-state index contributed by atoms with van der Waals surface area (Å²) in [6.07, 6.45) is -0.696. The highest BCUT2D eigenvalue weighted by molar-refractivity contribution is 5.99. The number of fused-ring (bicyclic) bond motifs is 2. The van der Waals surface area contributed by atoms with Crippen LogP contribution in [0.5, 0.6) is 11.5 Å². The number of hydrogen-bond donors (Lipinski definition) is 6. The fraction of sp³-hybridized carbons (Fsp3) is 0.267. The smallest absolute Gasteiger partial charge is 0.251 e. The fourth-order valence-electron chi connectivity index (χ4n) is 4.68. The molecular formula is C30H33N7O5. The normalized spacial score (nSPS) is 11.9. The number of carbonyl (C=O) groups is 1. The van der Waals surface area contributed by atoms with Gasteiger partial charge in [-0.3, -0.25) is 10.2 Å². The van der Waals surface area contributed by atoms with Crippen molar-refractivity contribution >= 4 is 33.8 Å². The standard InChI is InChI=1S/C30H33N7O5/c1-32-29(31)18-7-9-21-23(13-18)35-27(34-21)15-28-36-22-10-8-19(14-24(22)37(28)16-20(39)17-38)30(40)33-11-12-42-26-6-4-3-5-25(26)41-2/h3-10,13-14,20,38-39H,11-12,15-17H2,1-2H3,(H2,31,32)(H,33,40)(H,34,35). The number of aromatic nitrogens is 4. The van der Waals surface area contributed by atoms with Crippen LogP contribution >= 0.6 is 0 Å². The topological polar surface area (TPSA) is 170 Å². The van der Waals surface area contributed by atoms with Crippen molar-refractivity contribution in [2.45, 2.75) is 19.1 Å². The number of ether oxygens (including phenoxy) is 2. The van der Waals surface area contributed by atoms with E-state index in [1.807, 2.05) is 30.3 Å². The third-order valence-corrected chi connectivity index (χ3v) is 6.80. The van der Waals surface area contributed by atoms with E-state index in [0.717, 1.165) is 11.1 Å². The molecule has 0 spiro atoms. The van der Waals surface area contributed by atoms with Crippen molar-refractivity contribution in [2.75, 3.05) is 33.9 Å². The lowest BCUT2D eigenvalue weighted by atomic mass is 10.2. The second kappa shape index (κ2) is 12.7. The zero-order valence-electron chi connectivity index (χ0n) is 23.3. The van der Waals surface area contributed by atoms with Gasteiger partial charge in [0.05, 0.1) is 61.4 Å². The Morgan fingerprint density at radius 1 is 1.07 bits per heavy atom. The highest BCUT2D eigenvalue weighted by atomic mass is 16.5. The minimum absolute atomic E-state index is 0.0872. The summed E-state index contributed by atoms with van der Waals surface area (Å²) in [6.45, 7) is 0.207. The number of aromatic amines is 1. The lowest BCUT2D eigenvalue weighted by Crippen LogP contribution is -2.28. The molecule has 12 heteroatoms. The second-order valence-corrected chi connectivity index (χ2v) is 9.65. The first-order valence-electron chi connectivity index (χ1n) is 13.5. The molecule has 1 amide bonds. The van der Waals surface area contributed by atoms with Crippen LogP contribution < -0.4 is 20.1 Å². The molecule has 0 fully saturated rings. The molecule has 42 heavy (non-hydrogen) atoms. The van der Waals surface area contributed by atoms with Crippen molar-refractivity contribution in [3.05, 3.63) is 83.4 Å². The van der Waals surface area contributed by atoms with Gasteiger partial charge in [0.1, 0.15) is 24.1 Å². The summed E-state index contributed by atoms with van der Waals surface area (Å²) in [6, 6.07) is 18.0. The van der Waals surface area contributed by atoms with Gasteiger partial charge in [-0.1, -0.05) is 12.1 Å². The summed E-state index contributed by atoms with van der Waals surface area (Å²) in [5, 5.41) is 33.5. The molecule has 5 aromatic rings. The Bertz CT molecular complexity index is 1730. The molecule has 0 saturated carbocycles. The lowest BCUT2D eigenvalue weighted by molar-refractivity contribution is 0.0815. The highest BCUT2D eigenvalue weighted by Crippen LogP contribution is 2.25. The van der Waals surface area contributed by atoms with E-state index in [1.165, 1.54) is 0 Å². The van der Waals surface area contributed by atoms with E-state index in [1.54, 1.807) is 49.1 Å². The van der Waals surface area contributed by atoms with Gasteiger partial charge in [0.2, 0.25) is 0 Å². The number of H-pyrrole nitrogens is 1. The molecule has 6 N–H and O–H groups in total. The number of benzene rings is 3. The summed E-state index contributed by atoms with van der Waals surface area (Å²) in [5.74, 6) is 2.49. The van der Waals surface area contributed by atoms with Crippen LogP contribution in [0.2, 0.25) is 0 Å². The number of imidazole rings is 2. The molecule has 1 unspecified atom stereocenters. The molecule has 218 valence electrons. The van der Waals surface area contributed by atoms with Crippen molar-refractivity contribution < 1.29 is 24.5 Å². The van der Waals surface area contributed by atoms with Gasteiger partial charge in [-0.2, -0.15) is 0 Å². The zero-order valence-corrected chi connectivity index (χ0v) is 23.3. The van der Waals surface area contributed by atoms with Crippen LogP contribution in [0.4, 0.5) is 0 Å². The van der Waals surface area contributed by atoms with Gasteiger partial charge in [-0.25, -0.2) is 9.97 Å². The van der Waals surface area contributed by atoms with Gasteiger partial charge in [0.25, 0.3) is 5.91 Å². The lowest BCUT2D eigenvalue weighted by Gasteiger charge is -2.13. The number of methoxy groups -OCH3 is 1. The van der Waals surface area contributed by atoms with Crippen molar-refractivity contribution in [3.63, 3.8) is 0 Å².